The third-order valence-electron chi connectivity index (χ3n) is 4.60. The van der Waals surface area contributed by atoms with Crippen LogP contribution in [0.15, 0.2) is 48.5 Å². The molecule has 0 aliphatic heterocycles. The van der Waals surface area contributed by atoms with Gasteiger partial charge in [0.15, 0.2) is 5.78 Å². The summed E-state index contributed by atoms with van der Waals surface area (Å²) in [5.74, 6) is -0.592. The summed E-state index contributed by atoms with van der Waals surface area (Å²) in [5.41, 5.74) is 1.25. The molecule has 2 rings (SSSR count). The Morgan fingerprint density at radius 2 is 1.47 bits per heavy atom. The number of hydrogen-bond acceptors (Lipinski definition) is 3. The van der Waals surface area contributed by atoms with Crippen molar-refractivity contribution < 1.29 is 9.59 Å². The molecule has 30 heavy (non-hydrogen) atoms. The van der Waals surface area contributed by atoms with Crippen molar-refractivity contribution in [1.82, 2.24) is 9.06 Å². The van der Waals surface area contributed by atoms with Crippen molar-refractivity contribution in [3.63, 3.8) is 0 Å². The van der Waals surface area contributed by atoms with E-state index in [0.717, 1.165) is 28.3 Å². The Kier molecular flexibility index (Phi) is 10.6. The van der Waals surface area contributed by atoms with Crippen LogP contribution in [0.1, 0.15) is 66.3 Å². The first-order chi connectivity index (χ1) is 13.7. The number of unbranched alkanes of at least 4 members (excludes halogenated alkanes) is 1. The molecule has 0 spiro atoms. The van der Waals surface area contributed by atoms with E-state index in [1.54, 1.807) is 38.1 Å². The van der Waals surface area contributed by atoms with Gasteiger partial charge in [-0.3, -0.25) is 9.59 Å². The fourth-order valence-electron chi connectivity index (χ4n) is 2.81. The number of carbonyl (C=O) groups is 2. The zero-order valence-corrected chi connectivity index (χ0v) is 20.3. The Balaban J connectivity index is 0.00000450. The van der Waals surface area contributed by atoms with E-state index in [1.807, 2.05) is 24.3 Å². The van der Waals surface area contributed by atoms with Crippen molar-refractivity contribution >= 4 is 59.3 Å². The second-order valence-corrected chi connectivity index (χ2v) is 8.62. The molecular weight excluding hydrogens is 466 g/mol. The molecule has 0 unspecified atom stereocenters. The summed E-state index contributed by atoms with van der Waals surface area (Å²) >= 11 is 18.4. The highest BCUT2D eigenvalue weighted by Crippen LogP contribution is 2.28. The van der Waals surface area contributed by atoms with E-state index in [2.05, 4.69) is 6.92 Å². The third-order valence-corrected chi connectivity index (χ3v) is 5.84. The van der Waals surface area contributed by atoms with E-state index in [4.69, 9.17) is 35.2 Å². The first-order valence-electron chi connectivity index (χ1n) is 9.49. The molecule has 2 aromatic rings. The Morgan fingerprint density at radius 1 is 0.933 bits per heavy atom. The molecule has 1 amide bonds. The molecule has 4 nitrogen and oxygen atoms in total. The van der Waals surface area contributed by atoms with E-state index >= 15 is 0 Å². The van der Waals surface area contributed by atoms with Crippen LogP contribution in [0.25, 0.3) is 0 Å². The second-order valence-electron chi connectivity index (χ2n) is 7.55. The lowest BCUT2D eigenvalue weighted by molar-refractivity contribution is 0.0374. The lowest BCUT2D eigenvalue weighted by Crippen LogP contribution is -2.48. The highest BCUT2D eigenvalue weighted by atomic mass is 35.5. The van der Waals surface area contributed by atoms with Crippen LogP contribution in [-0.4, -0.2) is 26.3 Å². The zero-order valence-electron chi connectivity index (χ0n) is 17.2. The molecular formula is C22H26Cl4N2O2. The minimum atomic E-state index is -0.899. The van der Waals surface area contributed by atoms with E-state index < -0.39 is 11.4 Å². The van der Waals surface area contributed by atoms with Gasteiger partial charge in [-0.25, -0.2) is 0 Å². The highest BCUT2D eigenvalue weighted by molar-refractivity contribution is 6.31. The fraction of sp³-hybridized carbons (Fsp3) is 0.364. The molecule has 2 aromatic carbocycles. The summed E-state index contributed by atoms with van der Waals surface area (Å²) in [7, 11) is 0. The third kappa shape index (κ3) is 7.14. The van der Waals surface area contributed by atoms with Crippen molar-refractivity contribution in [1.29, 1.82) is 0 Å². The molecule has 0 heterocycles. The van der Waals surface area contributed by atoms with Crippen molar-refractivity contribution in [2.75, 3.05) is 0 Å². The molecule has 0 atom stereocenters. The summed E-state index contributed by atoms with van der Waals surface area (Å²) in [6.45, 7) is 5.64. The van der Waals surface area contributed by atoms with E-state index in [1.165, 1.54) is 5.56 Å². The number of hydrazine groups is 1. The normalized spacial score (nSPS) is 11.2. The van der Waals surface area contributed by atoms with Gasteiger partial charge in [0.1, 0.15) is 0 Å². The first-order valence-corrected chi connectivity index (χ1v) is 10.5. The predicted octanol–water partition coefficient (Wildman–Crippen LogP) is 7.12. The van der Waals surface area contributed by atoms with Gasteiger partial charge in [0, 0.05) is 46.1 Å². The number of carbonyl (C=O) groups excluding carboxylic acids is 2. The standard InChI is InChI=1S/C22H25Cl3N2O2.ClH/c1-4-5-6-16-7-9-17(10-8-16)20(28)15-22(2,3)27(25)26(24)21(29)18-11-13-19(23)14-12-18;/h7-14H,4-6,15H2,1-3H3;1H. The van der Waals surface area contributed by atoms with E-state index in [-0.39, 0.29) is 24.6 Å². The van der Waals surface area contributed by atoms with E-state index in [9.17, 15) is 9.59 Å². The van der Waals surface area contributed by atoms with Crippen LogP contribution in [0.3, 0.4) is 0 Å². The number of hydrogen-bond donors (Lipinski definition) is 0. The number of ketones is 1. The molecule has 0 fully saturated rings. The van der Waals surface area contributed by atoms with Crippen molar-refractivity contribution in [2.45, 2.75) is 52.0 Å². The Morgan fingerprint density at radius 3 is 2.00 bits per heavy atom. The Labute approximate surface area is 199 Å². The van der Waals surface area contributed by atoms with E-state index in [0.29, 0.717) is 16.1 Å². The van der Waals surface area contributed by atoms with Crippen LogP contribution in [0.5, 0.6) is 0 Å². The summed E-state index contributed by atoms with van der Waals surface area (Å²) in [6.07, 6.45) is 3.33. The van der Waals surface area contributed by atoms with Gasteiger partial charge < -0.3 is 0 Å². The summed E-state index contributed by atoms with van der Waals surface area (Å²) in [4.78, 5) is 25.3. The maximum absolute atomic E-state index is 12.7. The van der Waals surface area contributed by atoms with Gasteiger partial charge >= 0.3 is 0 Å². The maximum atomic E-state index is 12.7. The van der Waals surface area contributed by atoms with Crippen molar-refractivity contribution in [3.05, 3.63) is 70.2 Å². The summed E-state index contributed by atoms with van der Waals surface area (Å²) in [6, 6.07) is 13.9. The lowest BCUT2D eigenvalue weighted by Gasteiger charge is -2.35. The molecule has 0 saturated heterocycles. The number of Topliss-reactive ketones (excluding diaryl/α,β-unsaturated/α-hetero) is 1. The molecule has 0 aliphatic rings. The average molecular weight is 492 g/mol. The Hall–Kier alpha value is -1.30. The summed E-state index contributed by atoms with van der Waals surface area (Å²) < 4.78 is 1.84. The number of benzene rings is 2. The average Bonchev–Trinajstić information content (AvgIpc) is 2.71. The largest absolute Gasteiger partial charge is 0.294 e. The van der Waals surface area contributed by atoms with Gasteiger partial charge in [0.2, 0.25) is 0 Å². The number of nitrogens with zero attached hydrogens (tertiary/aromatic N) is 2. The maximum Gasteiger partial charge on any atom is 0.284 e. The summed E-state index contributed by atoms with van der Waals surface area (Å²) in [5, 5.41) is 0.511. The lowest BCUT2D eigenvalue weighted by atomic mass is 9.94. The topological polar surface area (TPSA) is 40.6 Å². The van der Waals surface area contributed by atoms with Crippen LogP contribution in [0, 0.1) is 0 Å². The smallest absolute Gasteiger partial charge is 0.284 e. The van der Waals surface area contributed by atoms with Crippen molar-refractivity contribution in [3.8, 4) is 0 Å². The molecule has 0 N–H and O–H groups in total. The molecule has 0 radical (unpaired) electrons. The van der Waals surface area contributed by atoms with Gasteiger partial charge in [0.05, 0.1) is 5.54 Å². The van der Waals surface area contributed by atoms with Crippen LogP contribution < -0.4 is 0 Å². The van der Waals surface area contributed by atoms with Gasteiger partial charge in [0.25, 0.3) is 5.91 Å². The van der Waals surface area contributed by atoms with Crippen molar-refractivity contribution in [2.24, 2.45) is 0 Å². The molecule has 0 saturated carbocycles. The van der Waals surface area contributed by atoms with Gasteiger partial charge in [-0.1, -0.05) is 49.2 Å². The minimum Gasteiger partial charge on any atom is -0.294 e. The molecule has 164 valence electrons. The zero-order chi connectivity index (χ0) is 21.6. The number of rotatable bonds is 9. The second kappa shape index (κ2) is 11.9. The van der Waals surface area contributed by atoms with Crippen LogP contribution in [0.4, 0.5) is 0 Å². The van der Waals surface area contributed by atoms with Gasteiger partial charge in [-0.05, 0) is 56.5 Å². The number of aryl methyl sites for hydroxylation is 1. The molecule has 8 heteroatoms. The number of amides is 1. The SMILES string of the molecule is CCCCc1ccc(C(=O)CC(C)(C)N(Cl)N(Cl)C(=O)c2ccc(Cl)cc2)cc1.Cl. The van der Waals surface area contributed by atoms with Gasteiger partial charge in [-0.15, -0.1) is 16.9 Å². The minimum absolute atomic E-state index is 0. The van der Waals surface area contributed by atoms with Gasteiger partial charge in [-0.2, -0.15) is 4.53 Å². The van der Waals surface area contributed by atoms with Crippen LogP contribution in [0.2, 0.25) is 5.02 Å². The highest BCUT2D eigenvalue weighted by Gasteiger charge is 2.35. The van der Waals surface area contributed by atoms with Crippen LogP contribution >= 0.6 is 47.6 Å². The first kappa shape index (κ1) is 26.7. The monoisotopic (exact) mass is 490 g/mol. The fourth-order valence-corrected chi connectivity index (χ4v) is 3.37. The Bertz CT molecular complexity index is 839. The number of halogens is 4. The quantitative estimate of drug-likeness (QED) is 0.213. The van der Waals surface area contributed by atoms with Crippen LogP contribution in [-0.2, 0) is 6.42 Å². The molecule has 0 aromatic heterocycles. The molecule has 0 bridgehead atoms. The molecule has 0 aliphatic carbocycles. The predicted molar refractivity (Wildman–Crippen MR) is 126 cm³/mol.